The maximum atomic E-state index is 12.9. The first kappa shape index (κ1) is 8.19. The van der Waals surface area contributed by atoms with Crippen molar-refractivity contribution >= 4 is 27.9 Å². The van der Waals surface area contributed by atoms with Crippen molar-refractivity contribution in [1.82, 2.24) is 9.97 Å². The molecule has 0 amide bonds. The van der Waals surface area contributed by atoms with E-state index in [1.807, 2.05) is 0 Å². The van der Waals surface area contributed by atoms with Gasteiger partial charge in [-0.1, -0.05) is 0 Å². The van der Waals surface area contributed by atoms with Crippen molar-refractivity contribution in [3.63, 3.8) is 0 Å². The number of nitrogens with zero attached hydrogens (tertiary/aromatic N) is 1. The lowest BCUT2D eigenvalue weighted by Gasteiger charge is -1.95. The first-order chi connectivity index (χ1) is 6.18. The molecular formula is C8H4ClFN2O. The molecule has 0 radical (unpaired) electrons. The number of imidazole rings is 1. The van der Waals surface area contributed by atoms with Gasteiger partial charge in [-0.15, -0.1) is 0 Å². The minimum atomic E-state index is -0.711. The molecule has 0 aliphatic rings. The summed E-state index contributed by atoms with van der Waals surface area (Å²) in [6, 6.07) is 2.32. The largest absolute Gasteiger partial charge is 0.344 e. The molecule has 0 fully saturated rings. The number of fused-ring (bicyclic) bond motifs is 1. The molecule has 0 bridgehead atoms. The van der Waals surface area contributed by atoms with E-state index in [1.54, 1.807) is 0 Å². The van der Waals surface area contributed by atoms with Crippen LogP contribution in [0.4, 0.5) is 4.39 Å². The summed E-state index contributed by atoms with van der Waals surface area (Å²) in [5, 5.41) is -0.711. The van der Waals surface area contributed by atoms with Crippen LogP contribution in [0.1, 0.15) is 10.4 Å². The third kappa shape index (κ3) is 1.29. The van der Waals surface area contributed by atoms with Crippen LogP contribution in [0.15, 0.2) is 18.5 Å². The summed E-state index contributed by atoms with van der Waals surface area (Å²) in [5.74, 6) is -0.513. The van der Waals surface area contributed by atoms with Gasteiger partial charge in [-0.3, -0.25) is 4.79 Å². The molecule has 13 heavy (non-hydrogen) atoms. The van der Waals surface area contributed by atoms with Crippen molar-refractivity contribution in [3.05, 3.63) is 29.8 Å². The van der Waals surface area contributed by atoms with E-state index in [1.165, 1.54) is 12.4 Å². The fourth-order valence-electron chi connectivity index (χ4n) is 1.16. The van der Waals surface area contributed by atoms with Crippen LogP contribution in [0.25, 0.3) is 11.0 Å². The lowest BCUT2D eigenvalue weighted by atomic mass is 10.2. The summed E-state index contributed by atoms with van der Waals surface area (Å²) in [6.45, 7) is 0. The Morgan fingerprint density at radius 3 is 3.00 bits per heavy atom. The Morgan fingerprint density at radius 2 is 2.31 bits per heavy atom. The fraction of sp³-hybridized carbons (Fsp3) is 0. The van der Waals surface area contributed by atoms with Gasteiger partial charge in [0.25, 0.3) is 5.24 Å². The lowest BCUT2D eigenvalue weighted by molar-refractivity contribution is 0.108. The van der Waals surface area contributed by atoms with Crippen LogP contribution < -0.4 is 0 Å². The second-order valence-electron chi connectivity index (χ2n) is 2.53. The second kappa shape index (κ2) is 2.81. The summed E-state index contributed by atoms with van der Waals surface area (Å²) >= 11 is 5.25. The summed E-state index contributed by atoms with van der Waals surface area (Å²) in [7, 11) is 0. The first-order valence-corrected chi connectivity index (χ1v) is 3.89. The van der Waals surface area contributed by atoms with Crippen molar-refractivity contribution < 1.29 is 9.18 Å². The van der Waals surface area contributed by atoms with E-state index in [2.05, 4.69) is 9.97 Å². The van der Waals surface area contributed by atoms with Gasteiger partial charge in [0.15, 0.2) is 0 Å². The molecule has 1 aromatic carbocycles. The molecule has 66 valence electrons. The maximum Gasteiger partial charge on any atom is 0.254 e. The van der Waals surface area contributed by atoms with E-state index in [9.17, 15) is 9.18 Å². The van der Waals surface area contributed by atoms with Gasteiger partial charge in [-0.05, 0) is 23.7 Å². The summed E-state index contributed by atoms with van der Waals surface area (Å²) in [5.41, 5.74) is 0.934. The third-order valence-corrected chi connectivity index (χ3v) is 1.90. The molecule has 1 N–H and O–H groups in total. The number of rotatable bonds is 1. The highest BCUT2D eigenvalue weighted by Crippen LogP contribution is 2.18. The van der Waals surface area contributed by atoms with Crippen molar-refractivity contribution in [2.24, 2.45) is 0 Å². The first-order valence-electron chi connectivity index (χ1n) is 3.51. The summed E-state index contributed by atoms with van der Waals surface area (Å²) in [4.78, 5) is 17.4. The molecule has 0 unspecified atom stereocenters. The Morgan fingerprint density at radius 1 is 1.54 bits per heavy atom. The lowest BCUT2D eigenvalue weighted by Crippen LogP contribution is -1.92. The molecule has 1 aromatic heterocycles. The Bertz CT molecular complexity index is 480. The molecule has 5 heteroatoms. The number of hydrogen-bond acceptors (Lipinski definition) is 2. The molecule has 0 saturated carbocycles. The van der Waals surface area contributed by atoms with Crippen molar-refractivity contribution in [1.29, 1.82) is 0 Å². The van der Waals surface area contributed by atoms with Crippen LogP contribution in [0.3, 0.4) is 0 Å². The zero-order valence-corrected chi connectivity index (χ0v) is 7.10. The number of halogens is 2. The monoisotopic (exact) mass is 198 g/mol. The van der Waals surface area contributed by atoms with Gasteiger partial charge in [0, 0.05) is 0 Å². The van der Waals surface area contributed by atoms with Crippen molar-refractivity contribution in [2.75, 3.05) is 0 Å². The normalized spacial score (nSPS) is 10.6. The van der Waals surface area contributed by atoms with E-state index in [0.717, 1.165) is 6.07 Å². The van der Waals surface area contributed by atoms with Crippen LogP contribution in [-0.4, -0.2) is 15.2 Å². The van der Waals surface area contributed by atoms with Gasteiger partial charge in [0.2, 0.25) is 0 Å². The second-order valence-corrected chi connectivity index (χ2v) is 2.87. The predicted octanol–water partition coefficient (Wildman–Crippen LogP) is 2.08. The molecule has 0 aliphatic carbocycles. The number of carbonyl (C=O) groups excluding carboxylic acids is 1. The smallest absolute Gasteiger partial charge is 0.254 e. The van der Waals surface area contributed by atoms with Gasteiger partial charge in [-0.2, -0.15) is 0 Å². The summed E-state index contributed by atoms with van der Waals surface area (Å²) in [6.07, 6.45) is 1.38. The van der Waals surface area contributed by atoms with Gasteiger partial charge < -0.3 is 4.98 Å². The molecule has 3 nitrogen and oxygen atoms in total. The Hall–Kier alpha value is -1.42. The van der Waals surface area contributed by atoms with Crippen LogP contribution in [0, 0.1) is 5.82 Å². The molecule has 0 atom stereocenters. The van der Waals surface area contributed by atoms with E-state index < -0.39 is 11.1 Å². The number of aromatic amines is 1. The van der Waals surface area contributed by atoms with Crippen LogP contribution >= 0.6 is 11.6 Å². The molecule has 2 rings (SSSR count). The molecule has 2 aromatic rings. The fourth-order valence-corrected chi connectivity index (χ4v) is 1.31. The molecule has 1 heterocycles. The minimum Gasteiger partial charge on any atom is -0.344 e. The molecular weight excluding hydrogens is 195 g/mol. The minimum absolute atomic E-state index is 0.0814. The Balaban J connectivity index is 2.84. The highest BCUT2D eigenvalue weighted by Gasteiger charge is 2.11. The quantitative estimate of drug-likeness (QED) is 0.713. The van der Waals surface area contributed by atoms with Gasteiger partial charge in [0.05, 0.1) is 17.4 Å². The zero-order valence-electron chi connectivity index (χ0n) is 6.34. The van der Waals surface area contributed by atoms with E-state index >= 15 is 0 Å². The van der Waals surface area contributed by atoms with Gasteiger partial charge in [-0.25, -0.2) is 9.37 Å². The number of carbonyl (C=O) groups is 1. The van der Waals surface area contributed by atoms with E-state index in [-0.39, 0.29) is 5.56 Å². The van der Waals surface area contributed by atoms with Crippen molar-refractivity contribution in [3.8, 4) is 0 Å². The van der Waals surface area contributed by atoms with Gasteiger partial charge >= 0.3 is 0 Å². The SMILES string of the molecule is O=C(Cl)c1cc(F)cc2[nH]cnc12. The Labute approximate surface area is 77.5 Å². The molecule has 0 saturated heterocycles. The number of H-pyrrole nitrogens is 1. The van der Waals surface area contributed by atoms with Gasteiger partial charge in [0.1, 0.15) is 11.3 Å². The van der Waals surface area contributed by atoms with Crippen LogP contribution in [0.5, 0.6) is 0 Å². The maximum absolute atomic E-state index is 12.9. The number of aromatic nitrogens is 2. The van der Waals surface area contributed by atoms with Crippen LogP contribution in [-0.2, 0) is 0 Å². The highest BCUT2D eigenvalue weighted by molar-refractivity contribution is 6.68. The van der Waals surface area contributed by atoms with Crippen LogP contribution in [0.2, 0.25) is 0 Å². The van der Waals surface area contributed by atoms with E-state index in [4.69, 9.17) is 11.6 Å². The summed E-state index contributed by atoms with van der Waals surface area (Å²) < 4.78 is 12.9. The standard InChI is InChI=1S/C8H4ClFN2O/c9-8(13)5-1-4(10)2-6-7(5)12-3-11-6/h1-3H,(H,11,12). The number of hydrogen-bond donors (Lipinski definition) is 1. The number of nitrogens with one attached hydrogen (secondary N) is 1. The molecule has 0 spiro atoms. The average Bonchev–Trinajstić information content (AvgIpc) is 2.49. The predicted molar refractivity (Wildman–Crippen MR) is 46.2 cm³/mol. The topological polar surface area (TPSA) is 45.8 Å². The number of benzene rings is 1. The van der Waals surface area contributed by atoms with E-state index in [0.29, 0.717) is 11.0 Å². The average molecular weight is 199 g/mol. The third-order valence-electron chi connectivity index (χ3n) is 1.70. The Kier molecular flexibility index (Phi) is 1.77. The highest BCUT2D eigenvalue weighted by atomic mass is 35.5. The molecule has 0 aliphatic heterocycles. The van der Waals surface area contributed by atoms with Crippen molar-refractivity contribution in [2.45, 2.75) is 0 Å². The zero-order chi connectivity index (χ0) is 9.42.